The molecule has 1 aromatic heterocycles. The van der Waals surface area contributed by atoms with Gasteiger partial charge in [0.1, 0.15) is 0 Å². The number of halogens is 3. The molecule has 0 aliphatic heterocycles. The molecule has 3 rings (SSSR count). The predicted octanol–water partition coefficient (Wildman–Crippen LogP) is 4.98. The molecule has 0 radical (unpaired) electrons. The van der Waals surface area contributed by atoms with Crippen molar-refractivity contribution in [2.45, 2.75) is 39.4 Å². The molecule has 0 saturated carbocycles. The van der Waals surface area contributed by atoms with Crippen LogP contribution in [0.25, 0.3) is 10.9 Å². The van der Waals surface area contributed by atoms with Crippen molar-refractivity contribution in [1.82, 2.24) is 10.3 Å². The Kier molecular flexibility index (Phi) is 6.77. The first-order valence-corrected chi connectivity index (χ1v) is 9.87. The number of nitrogens with one attached hydrogen (secondary N) is 2. The van der Waals surface area contributed by atoms with E-state index in [9.17, 15) is 18.0 Å². The molecule has 1 amide bonds. The molecule has 1 heterocycles. The van der Waals surface area contributed by atoms with Crippen molar-refractivity contribution in [3.63, 3.8) is 0 Å². The number of amides is 1. The smallest absolute Gasteiger partial charge is 0.422 e. The van der Waals surface area contributed by atoms with Crippen LogP contribution in [0.15, 0.2) is 36.4 Å². The third-order valence-corrected chi connectivity index (χ3v) is 5.12. The second kappa shape index (κ2) is 9.32. The van der Waals surface area contributed by atoms with E-state index >= 15 is 0 Å². The van der Waals surface area contributed by atoms with Crippen LogP contribution in [0, 0.1) is 13.8 Å². The SMILES string of the molecule is COc1cc(CCC(=O)NCc2ccc3[nH]c(C)c(C)c3c2)ccc1OCC(F)(F)F. The maximum Gasteiger partial charge on any atom is 0.422 e. The lowest BCUT2D eigenvalue weighted by atomic mass is 10.1. The number of carbonyl (C=O) groups excluding carboxylic acids is 1. The van der Waals surface area contributed by atoms with Gasteiger partial charge >= 0.3 is 6.18 Å². The maximum absolute atomic E-state index is 12.3. The Morgan fingerprint density at radius 3 is 2.52 bits per heavy atom. The Balaban J connectivity index is 1.54. The number of hydrogen-bond donors (Lipinski definition) is 2. The van der Waals surface area contributed by atoms with Gasteiger partial charge in [0.25, 0.3) is 0 Å². The van der Waals surface area contributed by atoms with Gasteiger partial charge in [-0.15, -0.1) is 0 Å². The summed E-state index contributed by atoms with van der Waals surface area (Å²) in [7, 11) is 1.36. The largest absolute Gasteiger partial charge is 0.493 e. The lowest BCUT2D eigenvalue weighted by Crippen LogP contribution is -2.23. The highest BCUT2D eigenvalue weighted by molar-refractivity contribution is 5.85. The van der Waals surface area contributed by atoms with Crippen LogP contribution in [-0.2, 0) is 17.8 Å². The number of aromatic nitrogens is 1. The fourth-order valence-electron chi connectivity index (χ4n) is 3.31. The number of methoxy groups -OCH3 is 1. The minimum Gasteiger partial charge on any atom is -0.493 e. The number of H-pyrrole nitrogens is 1. The number of aromatic amines is 1. The van der Waals surface area contributed by atoms with Gasteiger partial charge in [0, 0.05) is 29.6 Å². The fraction of sp³-hybridized carbons (Fsp3) is 0.348. The molecule has 8 heteroatoms. The molecule has 2 N–H and O–H groups in total. The highest BCUT2D eigenvalue weighted by Gasteiger charge is 2.29. The van der Waals surface area contributed by atoms with E-state index in [4.69, 9.17) is 9.47 Å². The van der Waals surface area contributed by atoms with Crippen molar-refractivity contribution in [1.29, 1.82) is 0 Å². The molecule has 166 valence electrons. The standard InChI is InChI=1S/C23H25F3N2O3/c1-14-15(2)28-19-7-4-17(10-18(14)19)12-27-22(29)9-6-16-5-8-20(21(11-16)30-3)31-13-23(24,25)26/h4-5,7-8,10-11,28H,6,9,12-13H2,1-3H3,(H,27,29). The van der Waals surface area contributed by atoms with E-state index < -0.39 is 12.8 Å². The first-order valence-electron chi connectivity index (χ1n) is 9.87. The van der Waals surface area contributed by atoms with Crippen molar-refractivity contribution < 1.29 is 27.4 Å². The van der Waals surface area contributed by atoms with Gasteiger partial charge < -0.3 is 19.8 Å². The number of hydrogen-bond acceptors (Lipinski definition) is 3. The molecule has 0 saturated heterocycles. The van der Waals surface area contributed by atoms with E-state index in [0.29, 0.717) is 13.0 Å². The number of fused-ring (bicyclic) bond motifs is 1. The summed E-state index contributed by atoms with van der Waals surface area (Å²) < 4.78 is 46.9. The van der Waals surface area contributed by atoms with Gasteiger partial charge in [-0.05, 0) is 61.2 Å². The zero-order valence-electron chi connectivity index (χ0n) is 17.7. The van der Waals surface area contributed by atoms with E-state index in [1.165, 1.54) is 18.7 Å². The summed E-state index contributed by atoms with van der Waals surface area (Å²) >= 11 is 0. The minimum atomic E-state index is -4.43. The van der Waals surface area contributed by atoms with Crippen LogP contribution in [0.5, 0.6) is 11.5 Å². The molecule has 0 spiro atoms. The highest BCUT2D eigenvalue weighted by Crippen LogP contribution is 2.30. The minimum absolute atomic E-state index is 0.0127. The molecule has 0 bridgehead atoms. The van der Waals surface area contributed by atoms with Crippen molar-refractivity contribution in [3.8, 4) is 11.5 Å². The first kappa shape index (κ1) is 22.5. The van der Waals surface area contributed by atoms with Crippen molar-refractivity contribution in [3.05, 3.63) is 58.8 Å². The van der Waals surface area contributed by atoms with E-state index in [2.05, 4.69) is 23.3 Å². The summed E-state index contributed by atoms with van der Waals surface area (Å²) in [5.41, 5.74) is 5.17. The Morgan fingerprint density at radius 2 is 1.81 bits per heavy atom. The monoisotopic (exact) mass is 434 g/mol. The van der Waals surface area contributed by atoms with Crippen LogP contribution in [0.4, 0.5) is 13.2 Å². The third-order valence-electron chi connectivity index (χ3n) is 5.12. The number of carbonyl (C=O) groups is 1. The molecular weight excluding hydrogens is 409 g/mol. The molecular formula is C23H25F3N2O3. The lowest BCUT2D eigenvalue weighted by molar-refractivity contribution is -0.153. The second-order valence-electron chi connectivity index (χ2n) is 7.42. The van der Waals surface area contributed by atoms with E-state index in [-0.39, 0.29) is 23.8 Å². The maximum atomic E-state index is 12.3. The Morgan fingerprint density at radius 1 is 1.06 bits per heavy atom. The molecule has 0 fully saturated rings. The van der Waals surface area contributed by atoms with Gasteiger partial charge in [0.05, 0.1) is 7.11 Å². The van der Waals surface area contributed by atoms with Gasteiger partial charge in [-0.1, -0.05) is 12.1 Å². The second-order valence-corrected chi connectivity index (χ2v) is 7.42. The molecule has 0 aliphatic rings. The summed E-state index contributed by atoms with van der Waals surface area (Å²) in [4.78, 5) is 15.6. The lowest BCUT2D eigenvalue weighted by Gasteiger charge is -2.13. The van der Waals surface area contributed by atoms with Crippen LogP contribution >= 0.6 is 0 Å². The number of alkyl halides is 3. The van der Waals surface area contributed by atoms with Gasteiger partial charge in [0.2, 0.25) is 5.91 Å². The van der Waals surface area contributed by atoms with Crippen LogP contribution < -0.4 is 14.8 Å². The number of benzene rings is 2. The normalized spacial score (nSPS) is 11.5. The summed E-state index contributed by atoms with van der Waals surface area (Å²) in [6.07, 6.45) is -3.75. The van der Waals surface area contributed by atoms with E-state index in [0.717, 1.165) is 27.7 Å². The molecule has 0 atom stereocenters. The van der Waals surface area contributed by atoms with Crippen LogP contribution in [0.1, 0.15) is 28.8 Å². The van der Waals surface area contributed by atoms with E-state index in [1.807, 2.05) is 19.1 Å². The zero-order chi connectivity index (χ0) is 22.6. The topological polar surface area (TPSA) is 63.3 Å². The molecule has 5 nitrogen and oxygen atoms in total. The fourth-order valence-corrected chi connectivity index (χ4v) is 3.31. The van der Waals surface area contributed by atoms with E-state index in [1.54, 1.807) is 12.1 Å². The van der Waals surface area contributed by atoms with Crippen molar-refractivity contribution >= 4 is 16.8 Å². The molecule has 31 heavy (non-hydrogen) atoms. The molecule has 3 aromatic rings. The van der Waals surface area contributed by atoms with Crippen LogP contribution in [-0.4, -0.2) is 30.8 Å². The highest BCUT2D eigenvalue weighted by atomic mass is 19.4. The summed E-state index contributed by atoms with van der Waals surface area (Å²) in [6, 6.07) is 10.7. The van der Waals surface area contributed by atoms with Gasteiger partial charge in [-0.25, -0.2) is 0 Å². The van der Waals surface area contributed by atoms with Gasteiger partial charge in [-0.3, -0.25) is 4.79 Å². The molecule has 0 unspecified atom stereocenters. The Bertz CT molecular complexity index is 1070. The Hall–Kier alpha value is -3.16. The Labute approximate surface area is 178 Å². The molecule has 2 aromatic carbocycles. The average molecular weight is 434 g/mol. The third kappa shape index (κ3) is 5.93. The summed E-state index contributed by atoms with van der Waals surface area (Å²) in [6.45, 7) is 3.12. The predicted molar refractivity (Wildman–Crippen MR) is 112 cm³/mol. The summed E-state index contributed by atoms with van der Waals surface area (Å²) in [5.74, 6) is 0.102. The first-order chi connectivity index (χ1) is 14.7. The number of aryl methyl sites for hydroxylation is 3. The average Bonchev–Trinajstić information content (AvgIpc) is 3.02. The number of rotatable bonds is 8. The number of ether oxygens (including phenoxy) is 2. The molecule has 0 aliphatic carbocycles. The van der Waals surface area contributed by atoms with Crippen LogP contribution in [0.3, 0.4) is 0 Å². The van der Waals surface area contributed by atoms with Gasteiger partial charge in [0.15, 0.2) is 18.1 Å². The van der Waals surface area contributed by atoms with Crippen molar-refractivity contribution in [2.75, 3.05) is 13.7 Å². The quantitative estimate of drug-likeness (QED) is 0.525. The zero-order valence-corrected chi connectivity index (χ0v) is 17.7. The van der Waals surface area contributed by atoms with Gasteiger partial charge in [-0.2, -0.15) is 13.2 Å². The summed E-state index contributed by atoms with van der Waals surface area (Å²) in [5, 5.41) is 4.05. The van der Waals surface area contributed by atoms with Crippen LogP contribution in [0.2, 0.25) is 0 Å². The van der Waals surface area contributed by atoms with Crippen molar-refractivity contribution in [2.24, 2.45) is 0 Å².